The fourth-order valence-corrected chi connectivity index (χ4v) is 2.07. The molecular weight excluding hydrogens is 310 g/mol. The van der Waals surface area contributed by atoms with Gasteiger partial charge in [-0.15, -0.1) is 0 Å². The molecule has 0 aliphatic heterocycles. The van der Waals surface area contributed by atoms with Crippen LogP contribution >= 0.6 is 0 Å². The van der Waals surface area contributed by atoms with E-state index in [9.17, 15) is 14.7 Å². The molecule has 0 aliphatic carbocycles. The molecule has 2 N–H and O–H groups in total. The number of hydrogen-bond acceptors (Lipinski definition) is 5. The van der Waals surface area contributed by atoms with Crippen LogP contribution in [0.15, 0.2) is 18.2 Å². The van der Waals surface area contributed by atoms with Crippen molar-refractivity contribution in [3.63, 3.8) is 0 Å². The second-order valence-electron chi connectivity index (χ2n) is 6.85. The monoisotopic (exact) mass is 337 g/mol. The highest BCUT2D eigenvalue weighted by molar-refractivity contribution is 5.70. The predicted octanol–water partition coefficient (Wildman–Crippen LogP) is 3.30. The zero-order valence-corrected chi connectivity index (χ0v) is 15.0. The maximum absolute atomic E-state index is 11.8. The summed E-state index contributed by atoms with van der Waals surface area (Å²) in [5.41, 5.74) is 1.08. The van der Waals surface area contributed by atoms with E-state index in [4.69, 9.17) is 9.47 Å². The summed E-state index contributed by atoms with van der Waals surface area (Å²) in [6.45, 7) is 9.20. The number of phenols is 1. The molecule has 1 aromatic carbocycles. The average molecular weight is 337 g/mol. The Balaban J connectivity index is 2.67. The molecule has 0 heterocycles. The minimum absolute atomic E-state index is 0.102. The summed E-state index contributed by atoms with van der Waals surface area (Å²) in [5, 5.41) is 12.3. The van der Waals surface area contributed by atoms with Crippen LogP contribution < -0.4 is 5.32 Å². The highest BCUT2D eigenvalue weighted by atomic mass is 16.6. The Kier molecular flexibility index (Phi) is 7.07. The maximum Gasteiger partial charge on any atom is 0.407 e. The number of aryl methyl sites for hydroxylation is 1. The third kappa shape index (κ3) is 7.85. The zero-order valence-electron chi connectivity index (χ0n) is 15.0. The summed E-state index contributed by atoms with van der Waals surface area (Å²) in [4.78, 5) is 23.4. The van der Waals surface area contributed by atoms with Crippen LogP contribution in [0.4, 0.5) is 4.79 Å². The number of amides is 1. The number of alkyl carbamates (subject to hydrolysis) is 1. The van der Waals surface area contributed by atoms with E-state index in [1.54, 1.807) is 32.0 Å². The van der Waals surface area contributed by atoms with Crippen LogP contribution in [0.5, 0.6) is 5.75 Å². The highest BCUT2D eigenvalue weighted by Gasteiger charge is 2.17. The van der Waals surface area contributed by atoms with Gasteiger partial charge >= 0.3 is 12.1 Å². The molecule has 0 spiro atoms. The van der Waals surface area contributed by atoms with E-state index in [0.717, 1.165) is 11.1 Å². The van der Waals surface area contributed by atoms with Crippen molar-refractivity contribution in [3.8, 4) is 5.75 Å². The minimum Gasteiger partial charge on any atom is -0.508 e. The molecule has 1 rings (SSSR count). The summed E-state index contributed by atoms with van der Waals surface area (Å²) in [6, 6.07) is 4.87. The van der Waals surface area contributed by atoms with Gasteiger partial charge in [0, 0.05) is 13.0 Å². The molecule has 0 atom stereocenters. The number of carbonyl (C=O) groups excluding carboxylic acids is 2. The number of rotatable bonds is 6. The van der Waals surface area contributed by atoms with E-state index in [0.29, 0.717) is 6.42 Å². The van der Waals surface area contributed by atoms with E-state index in [1.165, 1.54) is 0 Å². The lowest BCUT2D eigenvalue weighted by molar-refractivity contribution is -0.154. The number of ether oxygens (including phenoxy) is 2. The first-order valence-corrected chi connectivity index (χ1v) is 8.04. The predicted molar refractivity (Wildman–Crippen MR) is 90.7 cm³/mol. The fraction of sp³-hybridized carbons (Fsp3) is 0.556. The van der Waals surface area contributed by atoms with Crippen LogP contribution in [0.25, 0.3) is 0 Å². The van der Waals surface area contributed by atoms with Gasteiger partial charge in [0.15, 0.2) is 0 Å². The molecule has 0 saturated carbocycles. The first-order valence-electron chi connectivity index (χ1n) is 8.04. The Hall–Kier alpha value is -2.24. The first kappa shape index (κ1) is 19.8. The largest absolute Gasteiger partial charge is 0.508 e. The highest BCUT2D eigenvalue weighted by Crippen LogP contribution is 2.19. The molecule has 0 radical (unpaired) electrons. The molecule has 6 heteroatoms. The molecule has 0 unspecified atom stereocenters. The number of nitrogens with one attached hydrogen (secondary N) is 1. The number of carbonyl (C=O) groups is 2. The van der Waals surface area contributed by atoms with Crippen molar-refractivity contribution in [1.82, 2.24) is 5.32 Å². The van der Waals surface area contributed by atoms with Crippen molar-refractivity contribution < 1.29 is 24.2 Å². The van der Waals surface area contributed by atoms with Gasteiger partial charge in [0.25, 0.3) is 0 Å². The Morgan fingerprint density at radius 2 is 1.88 bits per heavy atom. The Morgan fingerprint density at radius 1 is 1.21 bits per heavy atom. The number of esters is 1. The third-order valence-corrected chi connectivity index (χ3v) is 2.97. The Labute approximate surface area is 143 Å². The van der Waals surface area contributed by atoms with E-state index >= 15 is 0 Å². The SMILES string of the molecule is CC(C)OC(=O)NCc1cc(O)ccc1CCC(=O)OC(C)(C)C. The number of aromatic hydroxyl groups is 1. The summed E-state index contributed by atoms with van der Waals surface area (Å²) in [6.07, 6.45) is -0.0380. The standard InChI is InChI=1S/C18H27NO5/c1-12(2)23-17(22)19-11-14-10-15(20)8-6-13(14)7-9-16(21)24-18(3,4)5/h6,8,10,12,20H,7,9,11H2,1-5H3,(H,19,22). The van der Waals surface area contributed by atoms with Crippen LogP contribution in [0.1, 0.15) is 52.2 Å². The Bertz CT molecular complexity index is 575. The second kappa shape index (κ2) is 8.57. The third-order valence-electron chi connectivity index (χ3n) is 2.97. The molecule has 6 nitrogen and oxygen atoms in total. The van der Waals surface area contributed by atoms with Crippen molar-refractivity contribution in [1.29, 1.82) is 0 Å². The summed E-state index contributed by atoms with van der Waals surface area (Å²) < 4.78 is 10.3. The molecule has 134 valence electrons. The molecule has 1 amide bonds. The summed E-state index contributed by atoms with van der Waals surface area (Å²) in [7, 11) is 0. The van der Waals surface area contributed by atoms with Crippen LogP contribution in [-0.2, 0) is 27.2 Å². The lowest BCUT2D eigenvalue weighted by Crippen LogP contribution is -2.27. The van der Waals surface area contributed by atoms with Crippen molar-refractivity contribution in [2.75, 3.05) is 0 Å². The van der Waals surface area contributed by atoms with Gasteiger partial charge in [0.1, 0.15) is 11.4 Å². The van der Waals surface area contributed by atoms with Crippen molar-refractivity contribution in [3.05, 3.63) is 29.3 Å². The summed E-state index contributed by atoms with van der Waals surface area (Å²) >= 11 is 0. The molecule has 1 aromatic rings. The Morgan fingerprint density at radius 3 is 2.46 bits per heavy atom. The van der Waals surface area contributed by atoms with Gasteiger partial charge in [0.05, 0.1) is 6.10 Å². The van der Waals surface area contributed by atoms with Gasteiger partial charge < -0.3 is 19.9 Å². The van der Waals surface area contributed by atoms with Crippen LogP contribution in [0, 0.1) is 0 Å². The lowest BCUT2D eigenvalue weighted by Gasteiger charge is -2.19. The van der Waals surface area contributed by atoms with Crippen molar-refractivity contribution >= 4 is 12.1 Å². The van der Waals surface area contributed by atoms with Crippen molar-refractivity contribution in [2.45, 2.75) is 65.7 Å². The fourth-order valence-electron chi connectivity index (χ4n) is 2.07. The summed E-state index contributed by atoms with van der Waals surface area (Å²) in [5.74, 6) is -0.182. The molecule has 0 aromatic heterocycles. The van der Waals surface area contributed by atoms with E-state index < -0.39 is 11.7 Å². The van der Waals surface area contributed by atoms with Gasteiger partial charge in [-0.2, -0.15) is 0 Å². The van der Waals surface area contributed by atoms with Gasteiger partial charge in [-0.25, -0.2) is 4.79 Å². The number of phenolic OH excluding ortho intramolecular Hbond substituents is 1. The molecule has 0 fully saturated rings. The molecule has 0 aliphatic rings. The number of benzene rings is 1. The van der Waals surface area contributed by atoms with Crippen LogP contribution in [-0.4, -0.2) is 28.9 Å². The second-order valence-corrected chi connectivity index (χ2v) is 6.85. The van der Waals surface area contributed by atoms with Gasteiger partial charge in [-0.05, 0) is 64.3 Å². The molecule has 0 saturated heterocycles. The van der Waals surface area contributed by atoms with E-state index in [-0.39, 0.29) is 30.8 Å². The van der Waals surface area contributed by atoms with E-state index in [1.807, 2.05) is 20.8 Å². The molecular formula is C18H27NO5. The van der Waals surface area contributed by atoms with Gasteiger partial charge in [0.2, 0.25) is 0 Å². The zero-order chi connectivity index (χ0) is 18.3. The van der Waals surface area contributed by atoms with Crippen molar-refractivity contribution in [2.24, 2.45) is 0 Å². The normalized spacial score (nSPS) is 11.2. The maximum atomic E-state index is 11.8. The van der Waals surface area contributed by atoms with Crippen LogP contribution in [0.2, 0.25) is 0 Å². The van der Waals surface area contributed by atoms with Gasteiger partial charge in [-0.1, -0.05) is 6.07 Å². The topological polar surface area (TPSA) is 84.9 Å². The van der Waals surface area contributed by atoms with E-state index in [2.05, 4.69) is 5.32 Å². The number of hydrogen-bond donors (Lipinski definition) is 2. The van der Waals surface area contributed by atoms with Gasteiger partial charge in [-0.3, -0.25) is 4.79 Å². The quantitative estimate of drug-likeness (QED) is 0.778. The lowest BCUT2D eigenvalue weighted by atomic mass is 10.0. The van der Waals surface area contributed by atoms with Crippen LogP contribution in [0.3, 0.4) is 0 Å². The minimum atomic E-state index is -0.522. The smallest absolute Gasteiger partial charge is 0.407 e. The first-order chi connectivity index (χ1) is 11.1. The molecule has 24 heavy (non-hydrogen) atoms. The average Bonchev–Trinajstić information content (AvgIpc) is 2.41. The molecule has 0 bridgehead atoms.